The molecule has 2 aromatic rings. The van der Waals surface area contributed by atoms with Crippen LogP contribution in [0.25, 0.3) is 0 Å². The van der Waals surface area contributed by atoms with Crippen molar-refractivity contribution in [3.8, 4) is 11.8 Å². The van der Waals surface area contributed by atoms with E-state index in [9.17, 15) is 9.59 Å². The minimum absolute atomic E-state index is 0.238. The van der Waals surface area contributed by atoms with Gasteiger partial charge in [-0.1, -0.05) is 44.2 Å². The van der Waals surface area contributed by atoms with Gasteiger partial charge in [0, 0.05) is 5.69 Å². The summed E-state index contributed by atoms with van der Waals surface area (Å²) in [6, 6.07) is 14.4. The Hall–Kier alpha value is -3.33. The van der Waals surface area contributed by atoms with E-state index in [1.165, 1.54) is 6.92 Å². The van der Waals surface area contributed by atoms with Crippen LogP contribution in [0.2, 0.25) is 0 Å². The molecule has 1 amide bonds. The molecule has 0 spiro atoms. The highest BCUT2D eigenvalue weighted by atomic mass is 16.6. The number of rotatable bonds is 7. The third kappa shape index (κ3) is 5.34. The minimum atomic E-state index is -0.984. The number of ether oxygens (including phenoxy) is 2. The number of amides is 1. The molecule has 2 rings (SSSR count). The normalized spacial score (nSPS) is 11.4. The number of hydrogen-bond donors (Lipinski definition) is 1. The first-order valence-corrected chi connectivity index (χ1v) is 9.05. The number of benzene rings is 2. The number of carbonyl (C=O) groups excluding carboxylic acids is 2. The topological polar surface area (TPSA) is 88.4 Å². The van der Waals surface area contributed by atoms with Crippen molar-refractivity contribution in [2.75, 3.05) is 11.9 Å². The van der Waals surface area contributed by atoms with Crippen molar-refractivity contribution in [2.24, 2.45) is 0 Å². The van der Waals surface area contributed by atoms with Gasteiger partial charge in [-0.05, 0) is 43.0 Å². The first kappa shape index (κ1) is 21.0. The average molecular weight is 380 g/mol. The summed E-state index contributed by atoms with van der Waals surface area (Å²) in [5.74, 6) is -0.576. The van der Waals surface area contributed by atoms with Gasteiger partial charge < -0.3 is 14.8 Å². The lowest BCUT2D eigenvalue weighted by Crippen LogP contribution is -2.32. The van der Waals surface area contributed by atoms with Crippen LogP contribution in [0.15, 0.2) is 42.5 Å². The molecule has 6 heteroatoms. The second-order valence-corrected chi connectivity index (χ2v) is 6.71. The van der Waals surface area contributed by atoms with Gasteiger partial charge in [0.05, 0.1) is 5.56 Å². The Bertz CT molecular complexity index is 900. The number of nitrogens with one attached hydrogen (secondary N) is 1. The Balaban J connectivity index is 1.96. The first-order valence-electron chi connectivity index (χ1n) is 9.05. The van der Waals surface area contributed by atoms with E-state index < -0.39 is 24.6 Å². The van der Waals surface area contributed by atoms with Gasteiger partial charge in [-0.15, -0.1) is 0 Å². The first-order chi connectivity index (χ1) is 13.3. The van der Waals surface area contributed by atoms with Crippen molar-refractivity contribution in [1.29, 1.82) is 5.26 Å². The highest BCUT2D eigenvalue weighted by Gasteiger charge is 2.21. The Kier molecular flexibility index (Phi) is 7.16. The lowest BCUT2D eigenvalue weighted by Gasteiger charge is -2.19. The van der Waals surface area contributed by atoms with Gasteiger partial charge in [0.15, 0.2) is 12.7 Å². The predicted octanol–water partition coefficient (Wildman–Crippen LogP) is 3.94. The number of para-hydroxylation sites is 2. The number of anilines is 1. The maximum atomic E-state index is 12.5. The average Bonchev–Trinajstić information content (AvgIpc) is 2.67. The van der Waals surface area contributed by atoms with Crippen molar-refractivity contribution in [2.45, 2.75) is 39.7 Å². The number of esters is 1. The van der Waals surface area contributed by atoms with Crippen molar-refractivity contribution in [3.63, 3.8) is 0 Å². The van der Waals surface area contributed by atoms with E-state index in [-0.39, 0.29) is 5.92 Å². The van der Waals surface area contributed by atoms with Gasteiger partial charge in [-0.2, -0.15) is 5.26 Å². The van der Waals surface area contributed by atoms with Gasteiger partial charge in [0.2, 0.25) is 0 Å². The van der Waals surface area contributed by atoms with Crippen LogP contribution in [0.4, 0.5) is 5.69 Å². The molecule has 0 aliphatic heterocycles. The molecule has 0 aliphatic rings. The van der Waals surface area contributed by atoms with Crippen molar-refractivity contribution in [3.05, 3.63) is 59.2 Å². The fourth-order valence-electron chi connectivity index (χ4n) is 2.67. The molecule has 6 nitrogen and oxygen atoms in total. The molecule has 2 aromatic carbocycles. The zero-order valence-corrected chi connectivity index (χ0v) is 16.5. The van der Waals surface area contributed by atoms with E-state index >= 15 is 0 Å². The van der Waals surface area contributed by atoms with Crippen molar-refractivity contribution >= 4 is 17.6 Å². The lowest BCUT2D eigenvalue weighted by molar-refractivity contribution is -0.155. The summed E-state index contributed by atoms with van der Waals surface area (Å²) < 4.78 is 10.5. The molecule has 0 bridgehead atoms. The number of carbonyl (C=O) groups is 2. The van der Waals surface area contributed by atoms with E-state index in [4.69, 9.17) is 14.7 Å². The second kappa shape index (κ2) is 9.56. The Labute approximate surface area is 165 Å². The van der Waals surface area contributed by atoms with Crippen LogP contribution in [0.1, 0.15) is 43.4 Å². The van der Waals surface area contributed by atoms with Gasteiger partial charge in [-0.3, -0.25) is 4.79 Å². The summed E-state index contributed by atoms with van der Waals surface area (Å²) >= 11 is 0. The van der Waals surface area contributed by atoms with Crippen LogP contribution in [0, 0.1) is 18.3 Å². The summed E-state index contributed by atoms with van der Waals surface area (Å²) in [4.78, 5) is 24.5. The largest absolute Gasteiger partial charge is 0.481 e. The highest BCUT2D eigenvalue weighted by Crippen LogP contribution is 2.27. The third-order valence-electron chi connectivity index (χ3n) is 4.21. The smallest absolute Gasteiger partial charge is 0.344 e. The maximum Gasteiger partial charge on any atom is 0.344 e. The van der Waals surface area contributed by atoms with Crippen LogP contribution in [0.3, 0.4) is 0 Å². The van der Waals surface area contributed by atoms with Crippen molar-refractivity contribution in [1.82, 2.24) is 0 Å². The SMILES string of the molecule is Cc1cccc(C(C)C)c1NC(=O)[C@@H](C)OC(=O)COc1ccccc1C#N. The number of aryl methyl sites for hydroxylation is 1. The highest BCUT2D eigenvalue weighted by molar-refractivity contribution is 5.96. The summed E-state index contributed by atoms with van der Waals surface area (Å²) in [5, 5.41) is 11.9. The lowest BCUT2D eigenvalue weighted by atomic mass is 9.98. The molecule has 0 unspecified atom stereocenters. The molecule has 28 heavy (non-hydrogen) atoms. The molecular weight excluding hydrogens is 356 g/mol. The predicted molar refractivity (Wildman–Crippen MR) is 106 cm³/mol. The molecule has 0 heterocycles. The quantitative estimate of drug-likeness (QED) is 0.735. The molecule has 0 saturated heterocycles. The van der Waals surface area contributed by atoms with Gasteiger partial charge >= 0.3 is 5.97 Å². The molecule has 0 saturated carbocycles. The molecule has 146 valence electrons. The molecular formula is C22H24N2O4. The van der Waals surface area contributed by atoms with Crippen molar-refractivity contribution < 1.29 is 19.1 Å². The number of nitrogens with zero attached hydrogens (tertiary/aromatic N) is 1. The molecule has 1 atom stereocenters. The van der Waals surface area contributed by atoms with Gasteiger partial charge in [0.25, 0.3) is 5.91 Å². The zero-order valence-electron chi connectivity index (χ0n) is 16.5. The van der Waals surface area contributed by atoms with E-state index in [2.05, 4.69) is 5.32 Å². The molecule has 0 aliphatic carbocycles. The Morgan fingerprint density at radius 3 is 2.50 bits per heavy atom. The minimum Gasteiger partial charge on any atom is -0.481 e. The molecule has 1 N–H and O–H groups in total. The van der Waals surface area contributed by atoms with Crippen LogP contribution >= 0.6 is 0 Å². The Morgan fingerprint density at radius 1 is 1.11 bits per heavy atom. The number of hydrogen-bond acceptors (Lipinski definition) is 5. The fraction of sp³-hybridized carbons (Fsp3) is 0.318. The van der Waals surface area contributed by atoms with Crippen LogP contribution in [-0.4, -0.2) is 24.6 Å². The number of nitriles is 1. The zero-order chi connectivity index (χ0) is 20.7. The Morgan fingerprint density at radius 2 is 1.82 bits per heavy atom. The fourth-order valence-corrected chi connectivity index (χ4v) is 2.67. The molecule has 0 radical (unpaired) electrons. The second-order valence-electron chi connectivity index (χ2n) is 6.71. The van der Waals surface area contributed by atoms with Crippen LogP contribution < -0.4 is 10.1 Å². The van der Waals surface area contributed by atoms with Crippen LogP contribution in [0.5, 0.6) is 5.75 Å². The van der Waals surface area contributed by atoms with Gasteiger partial charge in [0.1, 0.15) is 11.8 Å². The van der Waals surface area contributed by atoms with E-state index in [1.54, 1.807) is 24.3 Å². The summed E-state index contributed by atoms with van der Waals surface area (Å²) in [6.07, 6.45) is -0.984. The summed E-state index contributed by atoms with van der Waals surface area (Å²) in [6.45, 7) is 7.12. The van der Waals surface area contributed by atoms with Crippen LogP contribution in [-0.2, 0) is 14.3 Å². The maximum absolute atomic E-state index is 12.5. The van der Waals surface area contributed by atoms with E-state index in [0.717, 1.165) is 16.8 Å². The summed E-state index contributed by atoms with van der Waals surface area (Å²) in [5.41, 5.74) is 3.02. The van der Waals surface area contributed by atoms with E-state index in [0.29, 0.717) is 11.3 Å². The van der Waals surface area contributed by atoms with Gasteiger partial charge in [-0.25, -0.2) is 4.79 Å². The summed E-state index contributed by atoms with van der Waals surface area (Å²) in [7, 11) is 0. The standard InChI is InChI=1S/C22H24N2O4/c1-14(2)18-10-7-8-15(3)21(18)24-22(26)16(4)28-20(25)13-27-19-11-6-5-9-17(19)12-23/h5-11,14,16H,13H2,1-4H3,(H,24,26)/t16-/m1/s1. The molecule has 0 fully saturated rings. The third-order valence-corrected chi connectivity index (χ3v) is 4.21. The monoisotopic (exact) mass is 380 g/mol. The molecule has 0 aromatic heterocycles. The van der Waals surface area contributed by atoms with E-state index in [1.807, 2.05) is 45.0 Å².